The van der Waals surface area contributed by atoms with Crippen molar-refractivity contribution >= 4 is 5.69 Å². The van der Waals surface area contributed by atoms with Gasteiger partial charge in [0.15, 0.2) is 11.6 Å². The van der Waals surface area contributed by atoms with Crippen molar-refractivity contribution in [2.75, 3.05) is 5.32 Å². The lowest BCUT2D eigenvalue weighted by Crippen LogP contribution is -2.37. The van der Waals surface area contributed by atoms with Gasteiger partial charge >= 0.3 is 0 Å². The monoisotopic (exact) mass is 271 g/mol. The van der Waals surface area contributed by atoms with Crippen molar-refractivity contribution in [2.24, 2.45) is 11.3 Å². The van der Waals surface area contributed by atoms with Gasteiger partial charge < -0.3 is 5.32 Å². The first-order chi connectivity index (χ1) is 8.78. The van der Waals surface area contributed by atoms with E-state index in [0.29, 0.717) is 12.0 Å². The summed E-state index contributed by atoms with van der Waals surface area (Å²) in [5.74, 6) is -2.57. The van der Waals surface area contributed by atoms with Crippen molar-refractivity contribution in [3.63, 3.8) is 0 Å². The second kappa shape index (κ2) is 5.06. The Hall–Kier alpha value is -1.19. The summed E-state index contributed by atoms with van der Waals surface area (Å²) in [5.41, 5.74) is 0.206. The summed E-state index contributed by atoms with van der Waals surface area (Å²) in [7, 11) is 0. The van der Waals surface area contributed by atoms with E-state index in [0.717, 1.165) is 25.3 Å². The van der Waals surface area contributed by atoms with E-state index in [2.05, 4.69) is 26.1 Å². The Labute approximate surface area is 112 Å². The molecule has 1 fully saturated rings. The first-order valence-corrected chi connectivity index (χ1v) is 6.69. The molecular formula is C15H20F3N. The van der Waals surface area contributed by atoms with Gasteiger partial charge in [0.2, 0.25) is 0 Å². The molecule has 0 aliphatic heterocycles. The zero-order valence-electron chi connectivity index (χ0n) is 11.6. The molecule has 2 atom stereocenters. The van der Waals surface area contributed by atoms with Crippen LogP contribution in [-0.4, -0.2) is 6.04 Å². The average molecular weight is 271 g/mol. The lowest BCUT2D eigenvalue weighted by molar-refractivity contribution is 0.177. The number of hydrogen-bond donors (Lipinski definition) is 1. The smallest absolute Gasteiger partial charge is 0.182 e. The number of nitrogens with one attached hydrogen (secondary N) is 1. The van der Waals surface area contributed by atoms with Crippen LogP contribution >= 0.6 is 0 Å². The van der Waals surface area contributed by atoms with Crippen molar-refractivity contribution in [2.45, 2.75) is 46.1 Å². The molecular weight excluding hydrogens is 251 g/mol. The molecule has 4 heteroatoms. The molecule has 0 radical (unpaired) electrons. The molecule has 19 heavy (non-hydrogen) atoms. The van der Waals surface area contributed by atoms with Gasteiger partial charge in [0.25, 0.3) is 0 Å². The van der Waals surface area contributed by atoms with Gasteiger partial charge in [-0.15, -0.1) is 0 Å². The molecule has 0 spiro atoms. The molecule has 1 aromatic rings. The highest BCUT2D eigenvalue weighted by Gasteiger charge is 2.32. The maximum Gasteiger partial charge on any atom is 0.182 e. The van der Waals surface area contributed by atoms with Gasteiger partial charge in [0.1, 0.15) is 5.82 Å². The molecule has 0 heterocycles. The lowest BCUT2D eigenvalue weighted by Gasteiger charge is -2.40. The highest BCUT2D eigenvalue weighted by Crippen LogP contribution is 2.39. The Kier molecular flexibility index (Phi) is 3.79. The number of benzene rings is 1. The summed E-state index contributed by atoms with van der Waals surface area (Å²) in [5, 5.41) is 2.96. The minimum Gasteiger partial charge on any atom is -0.380 e. The second-order valence-electron chi connectivity index (χ2n) is 6.38. The molecule has 106 valence electrons. The van der Waals surface area contributed by atoms with Crippen molar-refractivity contribution in [1.82, 2.24) is 0 Å². The lowest BCUT2D eigenvalue weighted by atomic mass is 9.70. The number of hydrogen-bond acceptors (Lipinski definition) is 1. The molecule has 0 amide bonds. The van der Waals surface area contributed by atoms with E-state index in [1.165, 1.54) is 0 Å². The highest BCUT2D eigenvalue weighted by atomic mass is 19.2. The molecule has 0 saturated heterocycles. The van der Waals surface area contributed by atoms with Crippen LogP contribution in [0.1, 0.15) is 40.0 Å². The molecule has 2 rings (SSSR count). The average Bonchev–Trinajstić information content (AvgIpc) is 2.28. The summed E-state index contributed by atoms with van der Waals surface area (Å²) in [6.07, 6.45) is 2.92. The topological polar surface area (TPSA) is 12.0 Å². The zero-order valence-corrected chi connectivity index (χ0v) is 11.6. The van der Waals surface area contributed by atoms with Crippen LogP contribution in [-0.2, 0) is 0 Å². The van der Waals surface area contributed by atoms with E-state index in [4.69, 9.17) is 0 Å². The van der Waals surface area contributed by atoms with Gasteiger partial charge in [-0.05, 0) is 30.6 Å². The fourth-order valence-electron chi connectivity index (χ4n) is 3.02. The number of halogens is 3. The van der Waals surface area contributed by atoms with E-state index >= 15 is 0 Å². The largest absolute Gasteiger partial charge is 0.380 e. The Morgan fingerprint density at radius 2 is 1.89 bits per heavy atom. The first-order valence-electron chi connectivity index (χ1n) is 6.69. The molecule has 0 aromatic heterocycles. The fourth-order valence-corrected chi connectivity index (χ4v) is 3.02. The molecule has 2 unspecified atom stereocenters. The predicted molar refractivity (Wildman–Crippen MR) is 70.5 cm³/mol. The zero-order chi connectivity index (χ0) is 14.2. The maximum atomic E-state index is 13.6. The van der Waals surface area contributed by atoms with Crippen LogP contribution in [0.15, 0.2) is 12.1 Å². The van der Waals surface area contributed by atoms with Crippen molar-refractivity contribution in [1.29, 1.82) is 0 Å². The summed E-state index contributed by atoms with van der Waals surface area (Å²) in [4.78, 5) is 0. The van der Waals surface area contributed by atoms with Crippen LogP contribution in [0, 0.1) is 28.8 Å². The van der Waals surface area contributed by atoms with Crippen LogP contribution in [0.5, 0.6) is 0 Å². The Balaban J connectivity index is 2.14. The highest BCUT2D eigenvalue weighted by molar-refractivity contribution is 5.46. The molecule has 1 aromatic carbocycles. The van der Waals surface area contributed by atoms with E-state index in [9.17, 15) is 13.2 Å². The van der Waals surface area contributed by atoms with Crippen molar-refractivity contribution < 1.29 is 13.2 Å². The van der Waals surface area contributed by atoms with Gasteiger partial charge in [-0.1, -0.05) is 20.8 Å². The van der Waals surface area contributed by atoms with E-state index in [1.54, 1.807) is 0 Å². The van der Waals surface area contributed by atoms with Gasteiger partial charge in [-0.2, -0.15) is 0 Å². The first kappa shape index (κ1) is 14.2. The number of anilines is 1. The van der Waals surface area contributed by atoms with Crippen LogP contribution in [0.4, 0.5) is 18.9 Å². The summed E-state index contributed by atoms with van der Waals surface area (Å²) in [6.45, 7) is 6.51. The normalized spacial score (nSPS) is 26.2. The Morgan fingerprint density at radius 1 is 1.21 bits per heavy atom. The number of rotatable bonds is 2. The standard InChI is InChI=1S/C15H20F3N/c1-9-8-15(2,3)5-4-12(9)19-13-7-10(16)6-11(17)14(13)18/h6-7,9,12,19H,4-5,8H2,1-3H3. The summed E-state index contributed by atoms with van der Waals surface area (Å²) >= 11 is 0. The van der Waals surface area contributed by atoms with Crippen LogP contribution in [0.25, 0.3) is 0 Å². The third-order valence-corrected chi connectivity index (χ3v) is 4.03. The molecule has 1 aliphatic carbocycles. The second-order valence-corrected chi connectivity index (χ2v) is 6.38. The minimum absolute atomic E-state index is 0.0590. The third kappa shape index (κ3) is 3.23. The van der Waals surface area contributed by atoms with E-state index < -0.39 is 17.5 Å². The van der Waals surface area contributed by atoms with Gasteiger partial charge in [-0.3, -0.25) is 0 Å². The maximum absolute atomic E-state index is 13.6. The Morgan fingerprint density at radius 3 is 2.53 bits per heavy atom. The quantitative estimate of drug-likeness (QED) is 0.767. The van der Waals surface area contributed by atoms with E-state index in [1.807, 2.05) is 0 Å². The van der Waals surface area contributed by atoms with Gasteiger partial charge in [0.05, 0.1) is 5.69 Å². The molecule has 0 bridgehead atoms. The van der Waals surface area contributed by atoms with Gasteiger partial charge in [0, 0.05) is 18.2 Å². The van der Waals surface area contributed by atoms with E-state index in [-0.39, 0.29) is 17.1 Å². The summed E-state index contributed by atoms with van der Waals surface area (Å²) in [6, 6.07) is 1.64. The van der Waals surface area contributed by atoms with Crippen LogP contribution in [0.2, 0.25) is 0 Å². The third-order valence-electron chi connectivity index (χ3n) is 4.03. The summed E-state index contributed by atoms with van der Waals surface area (Å²) < 4.78 is 39.9. The Bertz CT molecular complexity index is 471. The molecule has 1 saturated carbocycles. The van der Waals surface area contributed by atoms with Crippen molar-refractivity contribution in [3.05, 3.63) is 29.6 Å². The molecule has 1 aliphatic rings. The minimum atomic E-state index is -1.15. The van der Waals surface area contributed by atoms with Gasteiger partial charge in [-0.25, -0.2) is 13.2 Å². The molecule has 1 nitrogen and oxygen atoms in total. The van der Waals surface area contributed by atoms with Crippen LogP contribution < -0.4 is 5.32 Å². The van der Waals surface area contributed by atoms with Crippen LogP contribution in [0.3, 0.4) is 0 Å². The molecule has 1 N–H and O–H groups in total. The predicted octanol–water partition coefficient (Wildman–Crippen LogP) is 4.73. The SMILES string of the molecule is CC1CC(C)(C)CCC1Nc1cc(F)cc(F)c1F. The fraction of sp³-hybridized carbons (Fsp3) is 0.600. The van der Waals surface area contributed by atoms with Crippen molar-refractivity contribution in [3.8, 4) is 0 Å².